The van der Waals surface area contributed by atoms with E-state index in [4.69, 9.17) is 0 Å². The quantitative estimate of drug-likeness (QED) is 0.467. The molecular weight excluding hydrogens is 372 g/mol. The fourth-order valence-electron chi connectivity index (χ4n) is 5.26. The van der Waals surface area contributed by atoms with Crippen molar-refractivity contribution in [2.75, 3.05) is 39.3 Å². The monoisotopic (exact) mass is 399 g/mol. The maximum atomic E-state index is 13.4. The van der Waals surface area contributed by atoms with E-state index in [-0.39, 0.29) is 17.6 Å². The molecule has 30 heavy (non-hydrogen) atoms. The third kappa shape index (κ3) is 3.47. The second-order valence-corrected chi connectivity index (χ2v) is 8.72. The molecule has 1 unspecified atom stereocenters. The fraction of sp³-hybridized carbons (Fsp3) is 0.308. The van der Waals surface area contributed by atoms with Crippen molar-refractivity contribution in [3.8, 4) is 0 Å². The van der Waals surface area contributed by atoms with Crippen molar-refractivity contribution < 1.29 is 14.1 Å². The van der Waals surface area contributed by atoms with Gasteiger partial charge in [-0.15, -0.1) is 0 Å². The van der Waals surface area contributed by atoms with E-state index in [9.17, 15) is 9.59 Å². The number of hydrogen-bond acceptors (Lipinski definition) is 3. The Kier molecular flexibility index (Phi) is 4.97. The van der Waals surface area contributed by atoms with Gasteiger partial charge in [0.15, 0.2) is 5.78 Å². The van der Waals surface area contributed by atoms with Crippen LogP contribution in [0.25, 0.3) is 10.8 Å². The molecule has 152 valence electrons. The van der Waals surface area contributed by atoms with Gasteiger partial charge < -0.3 is 4.48 Å². The van der Waals surface area contributed by atoms with E-state index < -0.39 is 0 Å². The van der Waals surface area contributed by atoms with Gasteiger partial charge in [0.2, 0.25) is 5.78 Å². The number of ketones is 2. The van der Waals surface area contributed by atoms with Crippen LogP contribution in [0.5, 0.6) is 0 Å². The second kappa shape index (κ2) is 7.78. The zero-order chi connectivity index (χ0) is 20.6. The third-order valence-corrected chi connectivity index (χ3v) is 7.03. The van der Waals surface area contributed by atoms with Crippen molar-refractivity contribution in [1.29, 1.82) is 0 Å². The molecule has 0 aliphatic carbocycles. The Morgan fingerprint density at radius 3 is 2.33 bits per heavy atom. The van der Waals surface area contributed by atoms with Gasteiger partial charge in [0, 0.05) is 24.2 Å². The van der Waals surface area contributed by atoms with E-state index in [1.807, 2.05) is 60.7 Å². The van der Waals surface area contributed by atoms with Crippen molar-refractivity contribution in [2.45, 2.75) is 12.5 Å². The Labute approximate surface area is 177 Å². The summed E-state index contributed by atoms with van der Waals surface area (Å²) in [6.45, 7) is 5.32. The van der Waals surface area contributed by atoms with E-state index >= 15 is 0 Å². The number of rotatable bonds is 6. The highest BCUT2D eigenvalue weighted by Crippen LogP contribution is 2.30. The molecule has 3 aromatic rings. The van der Waals surface area contributed by atoms with Gasteiger partial charge in [0.1, 0.15) is 12.6 Å². The van der Waals surface area contributed by atoms with Crippen molar-refractivity contribution in [3.05, 3.63) is 83.9 Å². The summed E-state index contributed by atoms with van der Waals surface area (Å²) in [6, 6.07) is 23.8. The number of fused-ring (bicyclic) bond motifs is 4. The van der Waals surface area contributed by atoms with Crippen molar-refractivity contribution in [1.82, 2.24) is 4.90 Å². The van der Waals surface area contributed by atoms with Crippen molar-refractivity contribution in [3.63, 3.8) is 0 Å². The van der Waals surface area contributed by atoms with Crippen LogP contribution in [-0.2, 0) is 0 Å². The molecule has 3 saturated heterocycles. The Hall–Kier alpha value is -2.82. The molecule has 0 amide bonds. The van der Waals surface area contributed by atoms with Crippen LogP contribution in [0.1, 0.15) is 27.1 Å². The number of hydrogen-bond donors (Lipinski definition) is 0. The Morgan fingerprint density at radius 1 is 0.833 bits per heavy atom. The molecule has 0 spiro atoms. The van der Waals surface area contributed by atoms with Gasteiger partial charge in [-0.05, 0) is 10.8 Å². The van der Waals surface area contributed by atoms with Crippen LogP contribution in [0, 0.1) is 0 Å². The lowest BCUT2D eigenvalue weighted by molar-refractivity contribution is -0.956. The van der Waals surface area contributed by atoms with Crippen LogP contribution in [0.15, 0.2) is 72.8 Å². The van der Waals surface area contributed by atoms with E-state index in [0.717, 1.165) is 59.1 Å². The van der Waals surface area contributed by atoms with Gasteiger partial charge in [-0.3, -0.25) is 14.5 Å². The first-order valence-electron chi connectivity index (χ1n) is 10.8. The van der Waals surface area contributed by atoms with Crippen LogP contribution in [0.4, 0.5) is 0 Å². The molecule has 4 heteroatoms. The highest BCUT2D eigenvalue weighted by Gasteiger charge is 2.48. The zero-order valence-electron chi connectivity index (χ0n) is 17.2. The molecule has 3 aromatic carbocycles. The summed E-state index contributed by atoms with van der Waals surface area (Å²) >= 11 is 0. The largest absolute Gasteiger partial charge is 0.311 e. The fourth-order valence-corrected chi connectivity index (χ4v) is 5.26. The lowest BCUT2D eigenvalue weighted by Gasteiger charge is -2.55. The number of quaternary nitrogens is 1. The summed E-state index contributed by atoms with van der Waals surface area (Å²) in [4.78, 5) is 28.9. The number of benzene rings is 3. The van der Waals surface area contributed by atoms with Crippen molar-refractivity contribution in [2.24, 2.45) is 0 Å². The predicted molar refractivity (Wildman–Crippen MR) is 119 cm³/mol. The first kappa shape index (κ1) is 19.2. The van der Waals surface area contributed by atoms with Gasteiger partial charge in [0.05, 0.1) is 26.1 Å². The molecule has 0 N–H and O–H groups in total. The highest BCUT2D eigenvalue weighted by molar-refractivity contribution is 6.08. The van der Waals surface area contributed by atoms with Gasteiger partial charge in [-0.25, -0.2) is 0 Å². The predicted octanol–water partition coefficient (Wildman–Crippen LogP) is 3.81. The Balaban J connectivity index is 1.41. The number of carbonyl (C=O) groups excluding carboxylic acids is 2. The molecule has 3 heterocycles. The van der Waals surface area contributed by atoms with E-state index in [2.05, 4.69) is 17.0 Å². The highest BCUT2D eigenvalue weighted by atomic mass is 16.1. The van der Waals surface area contributed by atoms with Crippen LogP contribution < -0.4 is 0 Å². The smallest absolute Gasteiger partial charge is 0.216 e. The molecule has 0 radical (unpaired) electrons. The van der Waals surface area contributed by atoms with Crippen LogP contribution >= 0.6 is 0 Å². The Morgan fingerprint density at radius 2 is 1.53 bits per heavy atom. The molecular formula is C26H27N2O2+. The molecule has 1 atom stereocenters. The molecule has 2 bridgehead atoms. The average molecular weight is 400 g/mol. The summed E-state index contributed by atoms with van der Waals surface area (Å²) in [7, 11) is 0. The van der Waals surface area contributed by atoms with E-state index in [1.54, 1.807) is 0 Å². The van der Waals surface area contributed by atoms with Crippen LogP contribution in [0.2, 0.25) is 0 Å². The number of Topliss-reactive ketones (excluding diaryl/α,β-unsaturated/α-hetero) is 2. The lowest BCUT2D eigenvalue weighted by Crippen LogP contribution is -2.73. The molecule has 3 aliphatic heterocycles. The SMILES string of the molecule is O=C(C[N+]12CCN(CC1)CC2CC(=O)c1cccc2ccccc12)c1ccccc1. The Bertz CT molecular complexity index is 1080. The minimum absolute atomic E-state index is 0.173. The van der Waals surface area contributed by atoms with E-state index in [0.29, 0.717) is 13.0 Å². The first-order valence-corrected chi connectivity index (χ1v) is 10.8. The van der Waals surface area contributed by atoms with Gasteiger partial charge in [0.25, 0.3) is 0 Å². The van der Waals surface area contributed by atoms with E-state index in [1.165, 1.54) is 0 Å². The zero-order valence-corrected chi connectivity index (χ0v) is 17.2. The molecule has 0 saturated carbocycles. The summed E-state index contributed by atoms with van der Waals surface area (Å²) in [6.07, 6.45) is 0.493. The lowest BCUT2D eigenvalue weighted by atomic mass is 9.92. The van der Waals surface area contributed by atoms with Crippen LogP contribution in [-0.4, -0.2) is 66.3 Å². The minimum atomic E-state index is 0.173. The summed E-state index contributed by atoms with van der Waals surface area (Å²) in [5, 5.41) is 2.12. The topological polar surface area (TPSA) is 37.4 Å². The number of piperazine rings is 3. The number of carbonyl (C=O) groups is 2. The van der Waals surface area contributed by atoms with Crippen LogP contribution in [0.3, 0.4) is 0 Å². The molecule has 6 rings (SSSR count). The van der Waals surface area contributed by atoms with Gasteiger partial charge in [-0.1, -0.05) is 72.8 Å². The first-order chi connectivity index (χ1) is 14.6. The molecule has 3 fully saturated rings. The van der Waals surface area contributed by atoms with Gasteiger partial charge in [-0.2, -0.15) is 0 Å². The maximum Gasteiger partial charge on any atom is 0.216 e. The standard InChI is InChI=1S/C26H27N2O2/c29-25(24-12-6-10-20-7-4-5-11-23(20)24)17-22-18-27-13-15-28(22,16-14-27)19-26(30)21-8-2-1-3-9-21/h1-12,22H,13-19H2/q+1. The maximum absolute atomic E-state index is 13.4. The summed E-state index contributed by atoms with van der Waals surface area (Å²) in [5.74, 6) is 0.378. The summed E-state index contributed by atoms with van der Waals surface area (Å²) in [5.41, 5.74) is 1.58. The summed E-state index contributed by atoms with van der Waals surface area (Å²) < 4.78 is 0.751. The number of nitrogens with zero attached hydrogens (tertiary/aromatic N) is 2. The molecule has 3 aliphatic rings. The minimum Gasteiger partial charge on any atom is -0.311 e. The average Bonchev–Trinajstić information content (AvgIpc) is 2.80. The molecule has 4 nitrogen and oxygen atoms in total. The molecule has 0 aromatic heterocycles. The van der Waals surface area contributed by atoms with Gasteiger partial charge >= 0.3 is 0 Å². The second-order valence-electron chi connectivity index (χ2n) is 8.72. The normalized spacial score (nSPS) is 25.3. The van der Waals surface area contributed by atoms with Crippen molar-refractivity contribution >= 4 is 22.3 Å². The third-order valence-electron chi connectivity index (χ3n) is 7.03.